The maximum atomic E-state index is 13.4. The smallest absolute Gasteiger partial charge is 0.265 e. The molecule has 102 valence electrons. The van der Waals surface area contributed by atoms with Gasteiger partial charge >= 0.3 is 0 Å². The van der Waals surface area contributed by atoms with Gasteiger partial charge in [-0.15, -0.1) is 0 Å². The molecule has 1 rings (SSSR count). The van der Waals surface area contributed by atoms with Crippen molar-refractivity contribution in [2.45, 2.75) is 25.5 Å². The van der Waals surface area contributed by atoms with E-state index in [4.69, 9.17) is 9.84 Å². The van der Waals surface area contributed by atoms with Gasteiger partial charge in [0, 0.05) is 12.6 Å². The quantitative estimate of drug-likeness (QED) is 0.826. The van der Waals surface area contributed by atoms with E-state index in [1.807, 2.05) is 0 Å². The Morgan fingerprint density at radius 2 is 2.06 bits per heavy atom. The first-order chi connectivity index (χ1) is 8.45. The number of methoxy groups -OCH3 is 1. The Labute approximate surface area is 104 Å². The Balaban J connectivity index is 2.61. The molecule has 0 amide bonds. The molecule has 6 heteroatoms. The predicted octanol–water partition coefficient (Wildman–Crippen LogP) is 2.11. The lowest BCUT2D eigenvalue weighted by atomic mass is 10.1. The Morgan fingerprint density at radius 1 is 1.39 bits per heavy atom. The topological polar surface area (TPSA) is 41.5 Å². The molecule has 0 saturated heterocycles. The van der Waals surface area contributed by atoms with Gasteiger partial charge < -0.3 is 15.2 Å². The number of benzene rings is 1. The number of hydrogen-bond acceptors (Lipinski definition) is 3. The van der Waals surface area contributed by atoms with Gasteiger partial charge in [-0.05, 0) is 24.6 Å². The Morgan fingerprint density at radius 3 is 2.56 bits per heavy atom. The van der Waals surface area contributed by atoms with Crippen molar-refractivity contribution in [1.29, 1.82) is 0 Å². The van der Waals surface area contributed by atoms with Crippen molar-refractivity contribution >= 4 is 0 Å². The fourth-order valence-electron chi connectivity index (χ4n) is 1.46. The second kappa shape index (κ2) is 6.61. The van der Waals surface area contributed by atoms with E-state index in [0.29, 0.717) is 5.56 Å². The van der Waals surface area contributed by atoms with E-state index < -0.39 is 18.3 Å². The predicted molar refractivity (Wildman–Crippen MR) is 61.4 cm³/mol. The molecule has 0 saturated carbocycles. The normalized spacial score (nSPS) is 14.6. The van der Waals surface area contributed by atoms with Gasteiger partial charge in [0.2, 0.25) is 0 Å². The lowest BCUT2D eigenvalue weighted by Gasteiger charge is -2.17. The first-order valence-corrected chi connectivity index (χ1v) is 5.48. The van der Waals surface area contributed by atoms with Crippen LogP contribution in [0.25, 0.3) is 0 Å². The molecule has 0 fully saturated rings. The highest BCUT2D eigenvalue weighted by molar-refractivity contribution is 5.30. The standard InChI is InChI=1S/C12H16F3NO2/c1-7(16-6-10(17)12(14)15)8-3-4-11(18-2)9(13)5-8/h3-5,7,10,12,16-17H,6H2,1-2H3. The summed E-state index contributed by atoms with van der Waals surface area (Å²) in [7, 11) is 1.36. The lowest BCUT2D eigenvalue weighted by molar-refractivity contribution is -0.00439. The largest absolute Gasteiger partial charge is 0.494 e. The van der Waals surface area contributed by atoms with E-state index in [2.05, 4.69) is 5.32 Å². The zero-order valence-corrected chi connectivity index (χ0v) is 10.2. The molecule has 0 radical (unpaired) electrons. The Bertz CT molecular complexity index is 388. The molecule has 2 N–H and O–H groups in total. The molecule has 0 spiro atoms. The number of ether oxygens (including phenoxy) is 1. The summed E-state index contributed by atoms with van der Waals surface area (Å²) in [5, 5.41) is 11.7. The number of aliphatic hydroxyl groups excluding tert-OH is 1. The molecule has 0 bridgehead atoms. The van der Waals surface area contributed by atoms with Crippen molar-refractivity contribution in [2.75, 3.05) is 13.7 Å². The SMILES string of the molecule is COc1ccc(C(C)NCC(O)C(F)F)cc1F. The minimum Gasteiger partial charge on any atom is -0.494 e. The maximum absolute atomic E-state index is 13.4. The third-order valence-electron chi connectivity index (χ3n) is 2.60. The third kappa shape index (κ3) is 3.89. The molecule has 1 aromatic rings. The molecule has 0 aliphatic heterocycles. The van der Waals surface area contributed by atoms with Crippen molar-refractivity contribution in [3.8, 4) is 5.75 Å². The van der Waals surface area contributed by atoms with Crippen LogP contribution in [0.1, 0.15) is 18.5 Å². The van der Waals surface area contributed by atoms with Crippen LogP contribution >= 0.6 is 0 Å². The van der Waals surface area contributed by atoms with Gasteiger partial charge in [0.15, 0.2) is 11.6 Å². The molecule has 2 atom stereocenters. The van der Waals surface area contributed by atoms with Crippen LogP contribution in [0.3, 0.4) is 0 Å². The van der Waals surface area contributed by atoms with Crippen LogP contribution in [0.4, 0.5) is 13.2 Å². The molecular formula is C12H16F3NO2. The maximum Gasteiger partial charge on any atom is 0.265 e. The summed E-state index contributed by atoms with van der Waals surface area (Å²) in [4.78, 5) is 0. The fourth-order valence-corrected chi connectivity index (χ4v) is 1.46. The highest BCUT2D eigenvalue weighted by Crippen LogP contribution is 2.21. The van der Waals surface area contributed by atoms with Gasteiger partial charge in [0.1, 0.15) is 6.10 Å². The third-order valence-corrected chi connectivity index (χ3v) is 2.60. The summed E-state index contributed by atoms with van der Waals surface area (Å²) in [5.41, 5.74) is 0.592. The summed E-state index contributed by atoms with van der Waals surface area (Å²) < 4.78 is 42.3. The zero-order valence-electron chi connectivity index (χ0n) is 10.2. The van der Waals surface area contributed by atoms with E-state index in [0.717, 1.165) is 0 Å². The number of hydrogen-bond donors (Lipinski definition) is 2. The van der Waals surface area contributed by atoms with Crippen LogP contribution in [-0.2, 0) is 0 Å². The van der Waals surface area contributed by atoms with Crippen LogP contribution in [0, 0.1) is 5.82 Å². The minimum atomic E-state index is -2.79. The molecule has 3 nitrogen and oxygen atoms in total. The van der Waals surface area contributed by atoms with E-state index in [9.17, 15) is 13.2 Å². The van der Waals surface area contributed by atoms with Crippen LogP contribution in [0.2, 0.25) is 0 Å². The first kappa shape index (κ1) is 14.8. The molecule has 1 aromatic carbocycles. The van der Waals surface area contributed by atoms with E-state index >= 15 is 0 Å². The van der Waals surface area contributed by atoms with Gasteiger partial charge in [-0.25, -0.2) is 13.2 Å². The van der Waals surface area contributed by atoms with Gasteiger partial charge in [-0.3, -0.25) is 0 Å². The summed E-state index contributed by atoms with van der Waals surface area (Å²) in [5.74, 6) is -0.392. The van der Waals surface area contributed by atoms with Crippen LogP contribution in [0.5, 0.6) is 5.75 Å². The van der Waals surface area contributed by atoms with Gasteiger partial charge in [-0.2, -0.15) is 0 Å². The number of halogens is 3. The van der Waals surface area contributed by atoms with Crippen molar-refractivity contribution in [3.63, 3.8) is 0 Å². The second-order valence-electron chi connectivity index (χ2n) is 3.93. The zero-order chi connectivity index (χ0) is 13.7. The average molecular weight is 263 g/mol. The van der Waals surface area contributed by atoms with Crippen molar-refractivity contribution < 1.29 is 23.0 Å². The van der Waals surface area contributed by atoms with E-state index in [1.165, 1.54) is 19.2 Å². The highest BCUT2D eigenvalue weighted by Gasteiger charge is 2.18. The summed E-state index contributed by atoms with van der Waals surface area (Å²) >= 11 is 0. The number of rotatable bonds is 6. The fraction of sp³-hybridized carbons (Fsp3) is 0.500. The molecule has 0 heterocycles. The minimum absolute atomic E-state index is 0.124. The van der Waals surface area contributed by atoms with Crippen molar-refractivity contribution in [3.05, 3.63) is 29.6 Å². The highest BCUT2D eigenvalue weighted by atomic mass is 19.3. The van der Waals surface area contributed by atoms with Gasteiger partial charge in [0.25, 0.3) is 6.43 Å². The molecule has 18 heavy (non-hydrogen) atoms. The molecule has 0 aromatic heterocycles. The monoisotopic (exact) mass is 263 g/mol. The summed E-state index contributed by atoms with van der Waals surface area (Å²) in [6.45, 7) is 1.44. The van der Waals surface area contributed by atoms with E-state index in [1.54, 1.807) is 13.0 Å². The second-order valence-corrected chi connectivity index (χ2v) is 3.93. The van der Waals surface area contributed by atoms with Crippen LogP contribution in [-0.4, -0.2) is 31.3 Å². The Hall–Kier alpha value is -1.27. The van der Waals surface area contributed by atoms with Crippen molar-refractivity contribution in [1.82, 2.24) is 5.32 Å². The van der Waals surface area contributed by atoms with E-state index in [-0.39, 0.29) is 18.3 Å². The van der Waals surface area contributed by atoms with Crippen LogP contribution in [0.15, 0.2) is 18.2 Å². The molecule has 0 aliphatic carbocycles. The van der Waals surface area contributed by atoms with Gasteiger partial charge in [-0.1, -0.05) is 6.07 Å². The number of alkyl halides is 2. The summed E-state index contributed by atoms with van der Waals surface area (Å²) in [6, 6.07) is 4.02. The van der Waals surface area contributed by atoms with Crippen LogP contribution < -0.4 is 10.1 Å². The molecular weight excluding hydrogens is 247 g/mol. The lowest BCUT2D eigenvalue weighted by Crippen LogP contribution is -2.33. The summed E-state index contributed by atoms with van der Waals surface area (Å²) in [6.07, 6.45) is -4.52. The van der Waals surface area contributed by atoms with Gasteiger partial charge in [0.05, 0.1) is 7.11 Å². The number of nitrogens with one attached hydrogen (secondary N) is 1. The average Bonchev–Trinajstić information content (AvgIpc) is 2.35. The number of aliphatic hydroxyl groups is 1. The first-order valence-electron chi connectivity index (χ1n) is 5.48. The molecule has 2 unspecified atom stereocenters. The Kier molecular flexibility index (Phi) is 5.43. The van der Waals surface area contributed by atoms with Crippen molar-refractivity contribution in [2.24, 2.45) is 0 Å². The molecule has 0 aliphatic rings.